The number of rotatable bonds is 6. The number of benzene rings is 1. The third-order valence-corrected chi connectivity index (χ3v) is 8.41. The summed E-state index contributed by atoms with van der Waals surface area (Å²) in [6.07, 6.45) is 5.92. The van der Waals surface area contributed by atoms with Gasteiger partial charge in [-0.05, 0) is 31.2 Å². The number of ether oxygens (including phenoxy) is 1. The number of guanidine groups is 1. The Morgan fingerprint density at radius 2 is 1.68 bits per heavy atom. The molecule has 0 atom stereocenters. The van der Waals surface area contributed by atoms with Gasteiger partial charge in [0, 0.05) is 45.0 Å². The first-order chi connectivity index (χ1) is 12.9. The maximum Gasteiger partial charge on any atom is 0.191 e. The van der Waals surface area contributed by atoms with Crippen molar-refractivity contribution < 1.29 is 13.2 Å². The standard InChI is InChI=1S/C20H31N3O3S.HI/c1-21-18(23-16-20(27(2,24)25)11-13-26-14-12-20)22-15-19(9-6-10-19)17-7-4-3-5-8-17;/h3-5,7-8H,6,9-16H2,1-2H3,(H2,21,22,23);1H. The molecule has 0 bridgehead atoms. The number of hydrogen-bond acceptors (Lipinski definition) is 4. The third-order valence-electron chi connectivity index (χ3n) is 6.28. The van der Waals surface area contributed by atoms with Crippen LogP contribution in [0.5, 0.6) is 0 Å². The fourth-order valence-electron chi connectivity index (χ4n) is 4.10. The van der Waals surface area contributed by atoms with E-state index in [0.29, 0.717) is 38.6 Å². The molecule has 0 aromatic heterocycles. The Morgan fingerprint density at radius 3 is 2.18 bits per heavy atom. The van der Waals surface area contributed by atoms with Gasteiger partial charge in [0.2, 0.25) is 0 Å². The molecule has 2 N–H and O–H groups in total. The minimum Gasteiger partial charge on any atom is -0.381 e. The van der Waals surface area contributed by atoms with Crippen molar-refractivity contribution in [2.45, 2.75) is 42.3 Å². The summed E-state index contributed by atoms with van der Waals surface area (Å²) < 4.78 is 29.4. The second-order valence-electron chi connectivity index (χ2n) is 7.85. The van der Waals surface area contributed by atoms with Crippen LogP contribution in [-0.4, -0.2) is 58.7 Å². The second-order valence-corrected chi connectivity index (χ2v) is 10.3. The lowest BCUT2D eigenvalue weighted by Gasteiger charge is -2.43. The van der Waals surface area contributed by atoms with Gasteiger partial charge in [0.1, 0.15) is 0 Å². The zero-order valence-electron chi connectivity index (χ0n) is 16.7. The van der Waals surface area contributed by atoms with Gasteiger partial charge in [0.05, 0.1) is 4.75 Å². The van der Waals surface area contributed by atoms with Gasteiger partial charge in [-0.2, -0.15) is 0 Å². The van der Waals surface area contributed by atoms with Crippen molar-refractivity contribution in [3.8, 4) is 0 Å². The SMILES string of the molecule is CN=C(NCC1(c2ccccc2)CCC1)NCC1(S(C)(=O)=O)CCOCC1.I. The van der Waals surface area contributed by atoms with Crippen LogP contribution in [0.3, 0.4) is 0 Å². The van der Waals surface area contributed by atoms with E-state index < -0.39 is 14.6 Å². The Labute approximate surface area is 185 Å². The van der Waals surface area contributed by atoms with E-state index >= 15 is 0 Å². The van der Waals surface area contributed by atoms with E-state index in [1.165, 1.54) is 18.2 Å². The predicted molar refractivity (Wildman–Crippen MR) is 124 cm³/mol. The highest BCUT2D eigenvalue weighted by Crippen LogP contribution is 2.43. The lowest BCUT2D eigenvalue weighted by molar-refractivity contribution is 0.0756. The highest BCUT2D eigenvalue weighted by Gasteiger charge is 2.43. The lowest BCUT2D eigenvalue weighted by Crippen LogP contribution is -2.55. The van der Waals surface area contributed by atoms with Gasteiger partial charge < -0.3 is 15.4 Å². The van der Waals surface area contributed by atoms with Crippen molar-refractivity contribution in [3.05, 3.63) is 35.9 Å². The van der Waals surface area contributed by atoms with E-state index in [4.69, 9.17) is 4.74 Å². The van der Waals surface area contributed by atoms with Crippen LogP contribution >= 0.6 is 24.0 Å². The first-order valence-electron chi connectivity index (χ1n) is 9.68. The number of hydrogen-bond donors (Lipinski definition) is 2. The molecule has 0 amide bonds. The van der Waals surface area contributed by atoms with E-state index in [-0.39, 0.29) is 29.4 Å². The average Bonchev–Trinajstić information content (AvgIpc) is 2.64. The Hall–Kier alpha value is -0.870. The van der Waals surface area contributed by atoms with Gasteiger partial charge in [-0.1, -0.05) is 36.8 Å². The average molecular weight is 521 g/mol. The molecule has 1 aliphatic carbocycles. The molecule has 2 fully saturated rings. The molecule has 8 heteroatoms. The predicted octanol–water partition coefficient (Wildman–Crippen LogP) is 2.49. The molecule has 0 unspecified atom stereocenters. The van der Waals surface area contributed by atoms with E-state index in [2.05, 4.69) is 39.9 Å². The highest BCUT2D eigenvalue weighted by molar-refractivity contribution is 14.0. The van der Waals surface area contributed by atoms with Gasteiger partial charge in [-0.3, -0.25) is 4.99 Å². The van der Waals surface area contributed by atoms with Crippen molar-refractivity contribution >= 4 is 39.8 Å². The van der Waals surface area contributed by atoms with Crippen molar-refractivity contribution in [2.24, 2.45) is 4.99 Å². The van der Waals surface area contributed by atoms with Gasteiger partial charge in [-0.25, -0.2) is 8.42 Å². The van der Waals surface area contributed by atoms with Gasteiger partial charge in [-0.15, -0.1) is 24.0 Å². The smallest absolute Gasteiger partial charge is 0.191 e. The molecule has 6 nitrogen and oxygen atoms in total. The van der Waals surface area contributed by atoms with Crippen molar-refractivity contribution in [1.29, 1.82) is 0 Å². The van der Waals surface area contributed by atoms with Crippen molar-refractivity contribution in [1.82, 2.24) is 10.6 Å². The third kappa shape index (κ3) is 4.99. The molecule has 1 saturated heterocycles. The molecule has 1 aliphatic heterocycles. The summed E-state index contributed by atoms with van der Waals surface area (Å²) in [5.41, 5.74) is 1.50. The molecule has 0 radical (unpaired) electrons. The number of nitrogens with one attached hydrogen (secondary N) is 2. The monoisotopic (exact) mass is 521 g/mol. The molecule has 1 heterocycles. The number of halogens is 1. The zero-order valence-corrected chi connectivity index (χ0v) is 19.9. The highest BCUT2D eigenvalue weighted by atomic mass is 127. The molecule has 3 rings (SSSR count). The van der Waals surface area contributed by atoms with Gasteiger partial charge >= 0.3 is 0 Å². The van der Waals surface area contributed by atoms with Crippen LogP contribution in [0.4, 0.5) is 0 Å². The maximum absolute atomic E-state index is 12.4. The molecule has 2 aliphatic rings. The Bertz CT molecular complexity index is 758. The first-order valence-corrected chi connectivity index (χ1v) is 11.6. The van der Waals surface area contributed by atoms with Crippen LogP contribution < -0.4 is 10.6 Å². The quantitative estimate of drug-likeness (QED) is 0.342. The van der Waals surface area contributed by atoms with Crippen LogP contribution in [-0.2, 0) is 20.0 Å². The summed E-state index contributed by atoms with van der Waals surface area (Å²) in [5.74, 6) is 0.659. The van der Waals surface area contributed by atoms with E-state index in [0.717, 1.165) is 19.4 Å². The van der Waals surface area contributed by atoms with Gasteiger partial charge in [0.15, 0.2) is 15.8 Å². The fraction of sp³-hybridized carbons (Fsp3) is 0.650. The summed E-state index contributed by atoms with van der Waals surface area (Å²) >= 11 is 0. The number of sulfone groups is 1. The molecule has 1 aromatic carbocycles. The van der Waals surface area contributed by atoms with Crippen LogP contribution in [0.25, 0.3) is 0 Å². The molecular weight excluding hydrogens is 489 g/mol. The molecule has 1 aromatic rings. The summed E-state index contributed by atoms with van der Waals surface area (Å²) in [5, 5.41) is 6.69. The van der Waals surface area contributed by atoms with Crippen LogP contribution in [0, 0.1) is 0 Å². The first kappa shape index (κ1) is 23.4. The molecular formula is C20H32IN3O3S. The fourth-order valence-corrected chi connectivity index (χ4v) is 5.35. The zero-order chi connectivity index (χ0) is 19.4. The van der Waals surface area contributed by atoms with Crippen molar-refractivity contribution in [3.63, 3.8) is 0 Å². The second kappa shape index (κ2) is 9.75. The summed E-state index contributed by atoms with van der Waals surface area (Å²) in [4.78, 5) is 4.31. The van der Waals surface area contributed by atoms with Crippen LogP contribution in [0.2, 0.25) is 0 Å². The van der Waals surface area contributed by atoms with Crippen LogP contribution in [0.15, 0.2) is 35.3 Å². The molecule has 158 valence electrons. The minimum absolute atomic E-state index is 0. The summed E-state index contributed by atoms with van der Waals surface area (Å²) in [6.45, 7) is 2.12. The maximum atomic E-state index is 12.4. The van der Waals surface area contributed by atoms with E-state index in [9.17, 15) is 8.42 Å². The van der Waals surface area contributed by atoms with Crippen LogP contribution in [0.1, 0.15) is 37.7 Å². The number of aliphatic imine (C=N–C) groups is 1. The summed E-state index contributed by atoms with van der Waals surface area (Å²) in [7, 11) is -1.47. The normalized spacial score (nSPS) is 21.1. The largest absolute Gasteiger partial charge is 0.381 e. The van der Waals surface area contributed by atoms with E-state index in [1.54, 1.807) is 7.05 Å². The summed E-state index contributed by atoms with van der Waals surface area (Å²) in [6, 6.07) is 10.6. The topological polar surface area (TPSA) is 79.8 Å². The van der Waals surface area contributed by atoms with Crippen molar-refractivity contribution in [2.75, 3.05) is 39.6 Å². The van der Waals surface area contributed by atoms with Gasteiger partial charge in [0.25, 0.3) is 0 Å². The Balaban J connectivity index is 0.00000280. The Kier molecular flexibility index (Phi) is 8.16. The molecule has 0 spiro atoms. The van der Waals surface area contributed by atoms with E-state index in [1.807, 2.05) is 6.07 Å². The molecule has 28 heavy (non-hydrogen) atoms. The lowest BCUT2D eigenvalue weighted by atomic mass is 9.64. The molecule has 1 saturated carbocycles. The minimum atomic E-state index is -3.20. The number of nitrogens with zero attached hydrogens (tertiary/aromatic N) is 1. The Morgan fingerprint density at radius 1 is 1.07 bits per heavy atom.